The van der Waals surface area contributed by atoms with Crippen molar-refractivity contribution in [1.29, 1.82) is 0 Å². The van der Waals surface area contributed by atoms with Gasteiger partial charge < -0.3 is 15.6 Å². The number of anilines is 1. The van der Waals surface area contributed by atoms with Gasteiger partial charge in [0.2, 0.25) is 5.91 Å². The lowest BCUT2D eigenvalue weighted by Gasteiger charge is -2.13. The lowest BCUT2D eigenvalue weighted by atomic mass is 10.1. The highest BCUT2D eigenvalue weighted by atomic mass is 16.2. The minimum Gasteiger partial charge on any atom is -0.330 e. The van der Waals surface area contributed by atoms with E-state index in [2.05, 4.69) is 34.8 Å². The van der Waals surface area contributed by atoms with Crippen LogP contribution in [0.25, 0.3) is 0 Å². The first-order chi connectivity index (χ1) is 10.5. The fraction of sp³-hybridized carbons (Fsp3) is 0.412. The summed E-state index contributed by atoms with van der Waals surface area (Å²) in [6.07, 6.45) is 5.35. The Morgan fingerprint density at radius 1 is 1.45 bits per heavy atom. The largest absolute Gasteiger partial charge is 0.330 e. The second-order valence-corrected chi connectivity index (χ2v) is 6.38. The molecule has 1 amide bonds. The van der Waals surface area contributed by atoms with Crippen molar-refractivity contribution in [3.05, 3.63) is 48.0 Å². The van der Waals surface area contributed by atoms with Gasteiger partial charge in [0.1, 0.15) is 5.82 Å². The number of hydrogen-bond acceptors (Lipinski definition) is 3. The minimum atomic E-state index is -0.648. The quantitative estimate of drug-likeness (QED) is 0.890. The first kappa shape index (κ1) is 14.8. The number of benzene rings is 1. The smallest absolute Gasteiger partial charge is 0.244 e. The molecule has 1 aliphatic rings. The van der Waals surface area contributed by atoms with E-state index in [4.69, 9.17) is 5.73 Å². The number of nitrogens with zero attached hydrogens (tertiary/aromatic N) is 2. The van der Waals surface area contributed by atoms with Crippen LogP contribution in [-0.4, -0.2) is 21.0 Å². The third-order valence-corrected chi connectivity index (χ3v) is 4.04. The molecule has 3 N–H and O–H groups in total. The number of carbonyl (C=O) groups excluding carboxylic acids is 1. The maximum absolute atomic E-state index is 12.0. The average Bonchev–Trinajstić information content (AvgIpc) is 3.06. The van der Waals surface area contributed by atoms with Crippen LogP contribution in [0, 0.1) is 0 Å². The first-order valence-electron chi connectivity index (χ1n) is 7.68. The van der Waals surface area contributed by atoms with Crippen molar-refractivity contribution < 1.29 is 4.79 Å². The molecule has 0 spiro atoms. The van der Waals surface area contributed by atoms with Crippen LogP contribution in [0.2, 0.25) is 0 Å². The Morgan fingerprint density at radius 2 is 2.23 bits per heavy atom. The highest BCUT2D eigenvalue weighted by Crippen LogP contribution is 2.33. The van der Waals surface area contributed by atoms with Crippen LogP contribution in [0.5, 0.6) is 0 Å². The molecular weight excluding hydrogens is 276 g/mol. The molecule has 0 atom stereocenters. The van der Waals surface area contributed by atoms with Crippen LogP contribution in [0.15, 0.2) is 36.7 Å². The maximum atomic E-state index is 12.0. The molecule has 0 bridgehead atoms. The Hall–Kier alpha value is -2.14. The van der Waals surface area contributed by atoms with Gasteiger partial charge in [0.15, 0.2) is 0 Å². The fourth-order valence-corrected chi connectivity index (χ4v) is 2.52. The molecule has 0 saturated heterocycles. The Labute approximate surface area is 130 Å². The normalized spacial score (nSPS) is 15.8. The van der Waals surface area contributed by atoms with Crippen LogP contribution in [0.1, 0.15) is 44.0 Å². The maximum Gasteiger partial charge on any atom is 0.244 e. The van der Waals surface area contributed by atoms with E-state index in [1.807, 2.05) is 30.6 Å². The van der Waals surface area contributed by atoms with Gasteiger partial charge in [0.05, 0.1) is 5.54 Å². The van der Waals surface area contributed by atoms with Crippen LogP contribution in [-0.2, 0) is 11.3 Å². The van der Waals surface area contributed by atoms with E-state index in [1.54, 1.807) is 0 Å². The molecule has 1 aliphatic carbocycles. The zero-order valence-corrected chi connectivity index (χ0v) is 13.0. The Morgan fingerprint density at radius 3 is 2.91 bits per heavy atom. The van der Waals surface area contributed by atoms with Crippen molar-refractivity contribution in [1.82, 2.24) is 9.55 Å². The van der Waals surface area contributed by atoms with E-state index in [0.717, 1.165) is 36.5 Å². The minimum absolute atomic E-state index is 0.0878. The Balaban J connectivity index is 1.73. The number of nitrogens with two attached hydrogens (primary N) is 1. The van der Waals surface area contributed by atoms with Crippen molar-refractivity contribution >= 4 is 11.6 Å². The topological polar surface area (TPSA) is 72.9 Å². The second kappa shape index (κ2) is 5.57. The summed E-state index contributed by atoms with van der Waals surface area (Å²) >= 11 is 0. The van der Waals surface area contributed by atoms with Crippen LogP contribution in [0.4, 0.5) is 5.69 Å². The van der Waals surface area contributed by atoms with Crippen LogP contribution < -0.4 is 11.1 Å². The number of aromatic nitrogens is 2. The number of rotatable bonds is 5. The van der Waals surface area contributed by atoms with Crippen molar-refractivity contribution in [2.75, 3.05) is 5.32 Å². The number of hydrogen-bond donors (Lipinski definition) is 2. The predicted molar refractivity (Wildman–Crippen MR) is 86.6 cm³/mol. The number of amides is 1. The summed E-state index contributed by atoms with van der Waals surface area (Å²) in [4.78, 5) is 16.4. The number of nitrogens with one attached hydrogen (secondary N) is 1. The Bertz CT molecular complexity index is 685. The van der Waals surface area contributed by atoms with Gasteiger partial charge in [-0.25, -0.2) is 4.98 Å². The standard InChI is InChI=1S/C17H22N4O/c1-12(2)15-19-8-9-21(15)11-13-4-3-5-14(10-13)20-16(22)17(18)6-7-17/h3-5,8-10,12H,6-7,11,18H2,1-2H3,(H,20,22). The lowest BCUT2D eigenvalue weighted by Crippen LogP contribution is -2.37. The van der Waals surface area contributed by atoms with Gasteiger partial charge in [-0.3, -0.25) is 4.79 Å². The van der Waals surface area contributed by atoms with Gasteiger partial charge >= 0.3 is 0 Å². The van der Waals surface area contributed by atoms with Gasteiger partial charge in [-0.15, -0.1) is 0 Å². The third kappa shape index (κ3) is 3.04. The van der Waals surface area contributed by atoms with E-state index < -0.39 is 5.54 Å². The second-order valence-electron chi connectivity index (χ2n) is 6.38. The van der Waals surface area contributed by atoms with Crippen molar-refractivity contribution in [2.24, 2.45) is 5.73 Å². The molecule has 5 nitrogen and oxygen atoms in total. The molecule has 1 fully saturated rings. The van der Waals surface area contributed by atoms with E-state index >= 15 is 0 Å². The zero-order chi connectivity index (χ0) is 15.7. The average molecular weight is 298 g/mol. The van der Waals surface area contributed by atoms with Gasteiger partial charge in [-0.05, 0) is 30.5 Å². The molecule has 2 aromatic rings. The van der Waals surface area contributed by atoms with Gasteiger partial charge in [-0.2, -0.15) is 0 Å². The lowest BCUT2D eigenvalue weighted by molar-refractivity contribution is -0.118. The van der Waals surface area contributed by atoms with E-state index in [0.29, 0.717) is 5.92 Å². The highest BCUT2D eigenvalue weighted by Gasteiger charge is 2.45. The van der Waals surface area contributed by atoms with Crippen LogP contribution >= 0.6 is 0 Å². The monoisotopic (exact) mass is 298 g/mol. The molecular formula is C17H22N4O. The van der Waals surface area contributed by atoms with E-state index in [-0.39, 0.29) is 5.91 Å². The molecule has 116 valence electrons. The summed E-state index contributed by atoms with van der Waals surface area (Å²) in [5.74, 6) is 1.35. The summed E-state index contributed by atoms with van der Waals surface area (Å²) in [7, 11) is 0. The molecule has 1 aromatic carbocycles. The third-order valence-electron chi connectivity index (χ3n) is 4.04. The molecule has 1 aromatic heterocycles. The van der Waals surface area contributed by atoms with Gasteiger partial charge in [0, 0.05) is 30.5 Å². The summed E-state index contributed by atoms with van der Waals surface area (Å²) in [6.45, 7) is 5.00. The van der Waals surface area contributed by atoms with E-state index in [1.165, 1.54) is 0 Å². The summed E-state index contributed by atoms with van der Waals surface area (Å²) in [5, 5.41) is 2.91. The van der Waals surface area contributed by atoms with Crippen molar-refractivity contribution in [3.8, 4) is 0 Å². The molecule has 1 saturated carbocycles. The molecule has 22 heavy (non-hydrogen) atoms. The van der Waals surface area contributed by atoms with Crippen molar-refractivity contribution in [2.45, 2.75) is 44.7 Å². The predicted octanol–water partition coefficient (Wildman–Crippen LogP) is 2.48. The SMILES string of the molecule is CC(C)c1nccn1Cc1cccc(NC(=O)C2(N)CC2)c1. The molecule has 5 heteroatoms. The fourth-order valence-electron chi connectivity index (χ4n) is 2.52. The molecule has 0 aliphatic heterocycles. The van der Waals surface area contributed by atoms with Gasteiger partial charge in [-0.1, -0.05) is 26.0 Å². The summed E-state index contributed by atoms with van der Waals surface area (Å²) < 4.78 is 2.14. The number of carbonyl (C=O) groups is 1. The molecule has 0 radical (unpaired) electrons. The Kier molecular flexibility index (Phi) is 3.74. The van der Waals surface area contributed by atoms with E-state index in [9.17, 15) is 4.79 Å². The van der Waals surface area contributed by atoms with Crippen molar-refractivity contribution in [3.63, 3.8) is 0 Å². The first-order valence-corrected chi connectivity index (χ1v) is 7.68. The highest BCUT2D eigenvalue weighted by molar-refractivity contribution is 6.00. The summed E-state index contributed by atoms with van der Waals surface area (Å²) in [5.41, 5.74) is 7.19. The molecule has 0 unspecified atom stereocenters. The van der Waals surface area contributed by atoms with Crippen LogP contribution in [0.3, 0.4) is 0 Å². The summed E-state index contributed by atoms with van der Waals surface area (Å²) in [6, 6.07) is 7.89. The molecule has 1 heterocycles. The van der Waals surface area contributed by atoms with Gasteiger partial charge in [0.25, 0.3) is 0 Å². The zero-order valence-electron chi connectivity index (χ0n) is 13.0. The molecule has 3 rings (SSSR count). The number of imidazole rings is 1.